The molecular weight excluding hydrogens is 252 g/mol. The highest BCUT2D eigenvalue weighted by Gasteiger charge is 2.35. The van der Waals surface area contributed by atoms with Crippen LogP contribution < -0.4 is 5.32 Å². The molecule has 2 rings (SSSR count). The summed E-state index contributed by atoms with van der Waals surface area (Å²) in [4.78, 5) is 26.1. The van der Waals surface area contributed by atoms with Crippen LogP contribution in [0.2, 0.25) is 0 Å². The van der Waals surface area contributed by atoms with Gasteiger partial charge in [0.25, 0.3) is 0 Å². The minimum atomic E-state index is -0.489. The highest BCUT2D eigenvalue weighted by atomic mass is 16.2. The number of amides is 2. The summed E-state index contributed by atoms with van der Waals surface area (Å²) < 4.78 is 0. The van der Waals surface area contributed by atoms with Crippen LogP contribution in [-0.4, -0.2) is 29.8 Å². The van der Waals surface area contributed by atoms with E-state index >= 15 is 0 Å². The summed E-state index contributed by atoms with van der Waals surface area (Å²) in [5.41, 5.74) is 0.877. The van der Waals surface area contributed by atoms with Crippen LogP contribution in [0, 0.1) is 5.92 Å². The zero-order valence-corrected chi connectivity index (χ0v) is 12.1. The molecule has 20 heavy (non-hydrogen) atoms. The summed E-state index contributed by atoms with van der Waals surface area (Å²) in [5, 5.41) is 2.69. The Morgan fingerprint density at radius 2 is 2.00 bits per heavy atom. The second-order valence-corrected chi connectivity index (χ2v) is 5.47. The van der Waals surface area contributed by atoms with Gasteiger partial charge in [0.1, 0.15) is 6.04 Å². The third kappa shape index (κ3) is 3.18. The quantitative estimate of drug-likeness (QED) is 0.894. The molecule has 1 fully saturated rings. The van der Waals surface area contributed by atoms with E-state index < -0.39 is 6.04 Å². The van der Waals surface area contributed by atoms with Crippen LogP contribution in [0.5, 0.6) is 0 Å². The van der Waals surface area contributed by atoms with Gasteiger partial charge in [-0.05, 0) is 17.9 Å². The number of hydrogen-bond donors (Lipinski definition) is 1. The van der Waals surface area contributed by atoms with E-state index in [0.29, 0.717) is 12.5 Å². The van der Waals surface area contributed by atoms with E-state index in [9.17, 15) is 9.59 Å². The van der Waals surface area contributed by atoms with Crippen molar-refractivity contribution in [1.82, 2.24) is 10.2 Å². The first-order valence-corrected chi connectivity index (χ1v) is 7.25. The third-order valence-corrected chi connectivity index (χ3v) is 3.70. The fraction of sp³-hybridized carbons (Fsp3) is 0.500. The highest BCUT2D eigenvalue weighted by Crippen LogP contribution is 2.25. The van der Waals surface area contributed by atoms with Crippen molar-refractivity contribution in [3.05, 3.63) is 35.9 Å². The Kier molecular flexibility index (Phi) is 4.77. The molecule has 1 aromatic carbocycles. The summed E-state index contributed by atoms with van der Waals surface area (Å²) >= 11 is 0. The fourth-order valence-corrected chi connectivity index (χ4v) is 2.74. The molecule has 108 valence electrons. The number of benzene rings is 1. The van der Waals surface area contributed by atoms with Crippen LogP contribution in [0.25, 0.3) is 0 Å². The summed E-state index contributed by atoms with van der Waals surface area (Å²) in [5.74, 6) is 0.321. The maximum Gasteiger partial charge on any atom is 0.247 e. The largest absolute Gasteiger partial charge is 0.345 e. The van der Waals surface area contributed by atoms with Gasteiger partial charge in [0.15, 0.2) is 0 Å². The average Bonchev–Trinajstić information content (AvgIpc) is 2.44. The summed E-state index contributed by atoms with van der Waals surface area (Å²) in [6, 6.07) is 9.03. The Bertz CT molecular complexity index is 473. The van der Waals surface area contributed by atoms with Crippen LogP contribution >= 0.6 is 0 Å². The Hall–Kier alpha value is -1.84. The second-order valence-electron chi connectivity index (χ2n) is 5.47. The molecule has 0 saturated carbocycles. The summed E-state index contributed by atoms with van der Waals surface area (Å²) in [6.07, 6.45) is 2.15. The minimum absolute atomic E-state index is 0.00130. The van der Waals surface area contributed by atoms with Gasteiger partial charge in [0.2, 0.25) is 11.8 Å². The fourth-order valence-electron chi connectivity index (χ4n) is 2.74. The number of carbonyl (C=O) groups excluding carboxylic acids is 2. The lowest BCUT2D eigenvalue weighted by molar-refractivity contribution is -0.146. The molecule has 2 atom stereocenters. The van der Waals surface area contributed by atoms with E-state index in [-0.39, 0.29) is 18.4 Å². The topological polar surface area (TPSA) is 49.4 Å². The van der Waals surface area contributed by atoms with E-state index in [0.717, 1.165) is 18.4 Å². The Morgan fingerprint density at radius 1 is 1.30 bits per heavy atom. The van der Waals surface area contributed by atoms with Crippen molar-refractivity contribution in [2.45, 2.75) is 32.7 Å². The SMILES string of the molecule is CCCC(C)CN1C(=O)CNC(=O)C1c1ccccc1. The van der Waals surface area contributed by atoms with Crippen LogP contribution in [-0.2, 0) is 9.59 Å². The smallest absolute Gasteiger partial charge is 0.247 e. The van der Waals surface area contributed by atoms with E-state index in [1.165, 1.54) is 0 Å². The van der Waals surface area contributed by atoms with Crippen molar-refractivity contribution in [3.8, 4) is 0 Å². The van der Waals surface area contributed by atoms with Gasteiger partial charge in [-0.3, -0.25) is 9.59 Å². The molecule has 4 heteroatoms. The van der Waals surface area contributed by atoms with Gasteiger partial charge in [-0.15, -0.1) is 0 Å². The molecule has 2 amide bonds. The first-order valence-electron chi connectivity index (χ1n) is 7.25. The van der Waals surface area contributed by atoms with Gasteiger partial charge in [-0.25, -0.2) is 0 Å². The number of piperazine rings is 1. The standard InChI is InChI=1S/C16H22N2O2/c1-3-7-12(2)11-18-14(19)10-17-16(20)15(18)13-8-5-4-6-9-13/h4-6,8-9,12,15H,3,7,10-11H2,1-2H3,(H,17,20). The molecule has 1 heterocycles. The summed E-state index contributed by atoms with van der Waals surface area (Å²) in [6.45, 7) is 5.02. The number of rotatable bonds is 5. The Morgan fingerprint density at radius 3 is 2.65 bits per heavy atom. The van der Waals surface area contributed by atoms with Gasteiger partial charge in [-0.1, -0.05) is 50.6 Å². The lowest BCUT2D eigenvalue weighted by Gasteiger charge is -2.36. The predicted octanol–water partition coefficient (Wildman–Crippen LogP) is 2.12. The normalized spacial score (nSPS) is 20.7. The third-order valence-electron chi connectivity index (χ3n) is 3.70. The lowest BCUT2D eigenvalue weighted by Crippen LogP contribution is -2.54. The molecule has 2 unspecified atom stereocenters. The van der Waals surface area contributed by atoms with E-state index in [1.807, 2.05) is 30.3 Å². The van der Waals surface area contributed by atoms with Crippen molar-refractivity contribution in [1.29, 1.82) is 0 Å². The molecule has 1 saturated heterocycles. The van der Waals surface area contributed by atoms with E-state index in [4.69, 9.17) is 0 Å². The molecule has 4 nitrogen and oxygen atoms in total. The monoisotopic (exact) mass is 274 g/mol. The molecule has 0 aromatic heterocycles. The zero-order chi connectivity index (χ0) is 14.5. The van der Waals surface area contributed by atoms with Crippen molar-refractivity contribution < 1.29 is 9.59 Å². The first kappa shape index (κ1) is 14.6. The Balaban J connectivity index is 2.23. The molecule has 0 bridgehead atoms. The number of nitrogens with zero attached hydrogens (tertiary/aromatic N) is 1. The number of hydrogen-bond acceptors (Lipinski definition) is 2. The van der Waals surface area contributed by atoms with E-state index in [1.54, 1.807) is 4.90 Å². The molecule has 1 aromatic rings. The molecular formula is C16H22N2O2. The minimum Gasteiger partial charge on any atom is -0.345 e. The maximum absolute atomic E-state index is 12.2. The van der Waals surface area contributed by atoms with E-state index in [2.05, 4.69) is 19.2 Å². The van der Waals surface area contributed by atoms with Crippen LogP contribution in [0.1, 0.15) is 38.3 Å². The Labute approximate surface area is 120 Å². The van der Waals surface area contributed by atoms with Crippen molar-refractivity contribution >= 4 is 11.8 Å². The van der Waals surface area contributed by atoms with Crippen molar-refractivity contribution in [2.75, 3.05) is 13.1 Å². The van der Waals surface area contributed by atoms with Gasteiger partial charge in [0, 0.05) is 6.54 Å². The molecule has 1 aliphatic heterocycles. The highest BCUT2D eigenvalue weighted by molar-refractivity contribution is 5.95. The molecule has 0 spiro atoms. The molecule has 1 aliphatic rings. The average molecular weight is 274 g/mol. The van der Waals surface area contributed by atoms with Crippen molar-refractivity contribution in [2.24, 2.45) is 5.92 Å². The maximum atomic E-state index is 12.2. The van der Waals surface area contributed by atoms with Gasteiger partial charge in [0.05, 0.1) is 6.54 Å². The summed E-state index contributed by atoms with van der Waals surface area (Å²) in [7, 11) is 0. The second kappa shape index (κ2) is 6.55. The number of nitrogens with one attached hydrogen (secondary N) is 1. The van der Waals surface area contributed by atoms with Gasteiger partial charge in [-0.2, -0.15) is 0 Å². The lowest BCUT2D eigenvalue weighted by atomic mass is 9.99. The van der Waals surface area contributed by atoms with Crippen LogP contribution in [0.3, 0.4) is 0 Å². The molecule has 1 N–H and O–H groups in total. The van der Waals surface area contributed by atoms with Crippen molar-refractivity contribution in [3.63, 3.8) is 0 Å². The zero-order valence-electron chi connectivity index (χ0n) is 12.1. The van der Waals surface area contributed by atoms with Crippen LogP contribution in [0.4, 0.5) is 0 Å². The predicted molar refractivity (Wildman–Crippen MR) is 78.0 cm³/mol. The van der Waals surface area contributed by atoms with Crippen LogP contribution in [0.15, 0.2) is 30.3 Å². The van der Waals surface area contributed by atoms with Gasteiger partial charge < -0.3 is 10.2 Å². The molecule has 0 radical (unpaired) electrons. The number of carbonyl (C=O) groups is 2. The molecule has 0 aliphatic carbocycles. The van der Waals surface area contributed by atoms with Gasteiger partial charge >= 0.3 is 0 Å². The first-order chi connectivity index (χ1) is 9.63.